The molecule has 0 saturated carbocycles. The lowest BCUT2D eigenvalue weighted by Crippen LogP contribution is -2.25. The van der Waals surface area contributed by atoms with Gasteiger partial charge in [-0.3, -0.25) is 18.7 Å². The second-order valence-electron chi connectivity index (χ2n) is 8.51. The molecule has 5 rings (SSSR count). The molecule has 0 saturated heterocycles. The molecule has 34 heavy (non-hydrogen) atoms. The standard InChI is InChI=1S/C25H23N5O2S2/c1-3-11-30-24(32)21-17-9-8-15(2)13-19(17)34-22(21)28-25(30)33-14-20-27-18-7-5-4-6-16(18)23(31)29(20)12-10-26/h3-7,15H,1,8-9,11-14H2,2H3. The van der Waals surface area contributed by atoms with E-state index in [1.807, 2.05) is 6.07 Å². The van der Waals surface area contributed by atoms with Crippen LogP contribution in [0.3, 0.4) is 0 Å². The van der Waals surface area contributed by atoms with Gasteiger partial charge in [0.2, 0.25) is 0 Å². The van der Waals surface area contributed by atoms with Gasteiger partial charge < -0.3 is 0 Å². The van der Waals surface area contributed by atoms with Crippen molar-refractivity contribution in [2.45, 2.75) is 50.2 Å². The highest BCUT2D eigenvalue weighted by Gasteiger charge is 2.25. The Hall–Kier alpha value is -3.22. The molecule has 1 aromatic carbocycles. The number of rotatable bonds is 6. The van der Waals surface area contributed by atoms with Crippen LogP contribution < -0.4 is 11.1 Å². The number of thioether (sulfide) groups is 1. The molecule has 0 N–H and O–H groups in total. The van der Waals surface area contributed by atoms with Crippen molar-refractivity contribution in [1.82, 2.24) is 19.1 Å². The summed E-state index contributed by atoms with van der Waals surface area (Å²) < 4.78 is 3.05. The van der Waals surface area contributed by atoms with E-state index in [1.54, 1.807) is 40.2 Å². The molecule has 0 aliphatic heterocycles. The summed E-state index contributed by atoms with van der Waals surface area (Å²) in [5, 5.41) is 11.1. The van der Waals surface area contributed by atoms with E-state index in [2.05, 4.69) is 24.6 Å². The van der Waals surface area contributed by atoms with Crippen molar-refractivity contribution in [3.63, 3.8) is 0 Å². The average Bonchev–Trinajstić information content (AvgIpc) is 3.19. The van der Waals surface area contributed by atoms with Gasteiger partial charge in [-0.15, -0.1) is 17.9 Å². The van der Waals surface area contributed by atoms with E-state index < -0.39 is 0 Å². The molecule has 1 atom stereocenters. The van der Waals surface area contributed by atoms with E-state index in [4.69, 9.17) is 4.98 Å². The maximum atomic E-state index is 13.5. The second-order valence-corrected chi connectivity index (χ2v) is 10.5. The monoisotopic (exact) mass is 489 g/mol. The number of allylic oxidation sites excluding steroid dienone is 1. The maximum Gasteiger partial charge on any atom is 0.263 e. The van der Waals surface area contributed by atoms with Gasteiger partial charge in [0.15, 0.2) is 5.16 Å². The van der Waals surface area contributed by atoms with Crippen molar-refractivity contribution in [2.24, 2.45) is 5.92 Å². The molecule has 4 aromatic rings. The minimum atomic E-state index is -0.241. The lowest BCUT2D eigenvalue weighted by atomic mass is 9.89. The molecule has 9 heteroatoms. The zero-order valence-electron chi connectivity index (χ0n) is 18.8. The fourth-order valence-corrected chi connectivity index (χ4v) is 6.87. The molecule has 0 radical (unpaired) electrons. The third kappa shape index (κ3) is 3.87. The van der Waals surface area contributed by atoms with Gasteiger partial charge in [-0.1, -0.05) is 36.9 Å². The molecule has 1 aliphatic rings. The molecule has 0 spiro atoms. The molecule has 3 aromatic heterocycles. The Morgan fingerprint density at radius 2 is 2.09 bits per heavy atom. The van der Waals surface area contributed by atoms with Crippen LogP contribution in [0.4, 0.5) is 0 Å². The molecule has 7 nitrogen and oxygen atoms in total. The molecule has 0 fully saturated rings. The van der Waals surface area contributed by atoms with Crippen LogP contribution in [0.1, 0.15) is 29.6 Å². The summed E-state index contributed by atoms with van der Waals surface area (Å²) in [5.41, 5.74) is 1.46. The number of fused-ring (bicyclic) bond motifs is 4. The van der Waals surface area contributed by atoms with Crippen molar-refractivity contribution < 1.29 is 0 Å². The summed E-state index contributed by atoms with van der Waals surface area (Å²) >= 11 is 2.97. The first-order chi connectivity index (χ1) is 16.5. The summed E-state index contributed by atoms with van der Waals surface area (Å²) in [4.78, 5) is 38.1. The summed E-state index contributed by atoms with van der Waals surface area (Å²) in [5.74, 6) is 1.40. The number of para-hydroxylation sites is 1. The fraction of sp³-hybridized carbons (Fsp3) is 0.320. The van der Waals surface area contributed by atoms with Gasteiger partial charge in [0.1, 0.15) is 17.2 Å². The number of aryl methyl sites for hydroxylation is 1. The van der Waals surface area contributed by atoms with Crippen molar-refractivity contribution in [2.75, 3.05) is 0 Å². The minimum absolute atomic E-state index is 0.0414. The lowest BCUT2D eigenvalue weighted by molar-refractivity contribution is 0.509. The highest BCUT2D eigenvalue weighted by molar-refractivity contribution is 7.98. The Labute approximate surface area is 204 Å². The molecular weight excluding hydrogens is 466 g/mol. The zero-order chi connectivity index (χ0) is 23.8. The number of nitriles is 1. The predicted molar refractivity (Wildman–Crippen MR) is 136 cm³/mol. The minimum Gasteiger partial charge on any atom is -0.283 e. The Morgan fingerprint density at radius 1 is 1.26 bits per heavy atom. The van der Waals surface area contributed by atoms with Crippen LogP contribution in [0, 0.1) is 17.2 Å². The average molecular weight is 490 g/mol. The molecule has 0 bridgehead atoms. The molecule has 1 unspecified atom stereocenters. The third-order valence-corrected chi connectivity index (χ3v) is 8.31. The molecule has 0 amide bonds. The first-order valence-corrected chi connectivity index (χ1v) is 13.0. The Morgan fingerprint density at radius 3 is 2.88 bits per heavy atom. The van der Waals surface area contributed by atoms with Gasteiger partial charge in [-0.25, -0.2) is 9.97 Å². The number of nitrogens with zero attached hydrogens (tertiary/aromatic N) is 5. The highest BCUT2D eigenvalue weighted by atomic mass is 32.2. The van der Waals surface area contributed by atoms with E-state index in [0.717, 1.165) is 35.0 Å². The van der Waals surface area contributed by atoms with Crippen molar-refractivity contribution in [3.8, 4) is 6.07 Å². The van der Waals surface area contributed by atoms with Crippen molar-refractivity contribution in [1.29, 1.82) is 5.26 Å². The topological polar surface area (TPSA) is 93.6 Å². The largest absolute Gasteiger partial charge is 0.283 e. The van der Waals surface area contributed by atoms with Gasteiger partial charge in [-0.05, 0) is 42.9 Å². The fourth-order valence-electron chi connectivity index (χ4n) is 4.49. The van der Waals surface area contributed by atoms with Crippen LogP contribution in [0.5, 0.6) is 0 Å². The van der Waals surface area contributed by atoms with Crippen LogP contribution in [0.15, 0.2) is 51.7 Å². The van der Waals surface area contributed by atoms with E-state index in [0.29, 0.717) is 40.1 Å². The van der Waals surface area contributed by atoms with Gasteiger partial charge in [0.05, 0.1) is 28.1 Å². The molecular formula is C25H23N5O2S2. The van der Waals surface area contributed by atoms with E-state index >= 15 is 0 Å². The maximum absolute atomic E-state index is 13.5. The van der Waals surface area contributed by atoms with E-state index in [-0.39, 0.29) is 17.7 Å². The Kier molecular flexibility index (Phi) is 6.11. The first-order valence-electron chi connectivity index (χ1n) is 11.2. The van der Waals surface area contributed by atoms with E-state index in [1.165, 1.54) is 21.2 Å². The highest BCUT2D eigenvalue weighted by Crippen LogP contribution is 2.36. The normalized spacial score (nSPS) is 15.4. The number of benzene rings is 1. The van der Waals surface area contributed by atoms with Crippen molar-refractivity contribution >= 4 is 44.2 Å². The molecule has 3 heterocycles. The second kappa shape index (κ2) is 9.20. The lowest BCUT2D eigenvalue weighted by Gasteiger charge is -2.17. The van der Waals surface area contributed by atoms with Crippen LogP contribution in [0.2, 0.25) is 0 Å². The van der Waals surface area contributed by atoms with Crippen LogP contribution in [-0.2, 0) is 31.7 Å². The van der Waals surface area contributed by atoms with Crippen molar-refractivity contribution in [3.05, 3.63) is 73.9 Å². The van der Waals surface area contributed by atoms with Crippen LogP contribution in [0.25, 0.3) is 21.1 Å². The summed E-state index contributed by atoms with van der Waals surface area (Å²) in [6.45, 7) is 6.32. The van der Waals surface area contributed by atoms with Crippen LogP contribution >= 0.6 is 23.1 Å². The van der Waals surface area contributed by atoms with Gasteiger partial charge >= 0.3 is 0 Å². The van der Waals surface area contributed by atoms with Crippen LogP contribution in [-0.4, -0.2) is 19.1 Å². The SMILES string of the molecule is C=CCn1c(SCc2nc3ccccc3c(=O)n2CC#N)nc2sc3c(c2c1=O)CCC(C)C3. The quantitative estimate of drug-likeness (QED) is 0.228. The number of aromatic nitrogens is 4. The van der Waals surface area contributed by atoms with E-state index in [9.17, 15) is 14.9 Å². The van der Waals surface area contributed by atoms with Gasteiger partial charge in [0, 0.05) is 11.4 Å². The smallest absolute Gasteiger partial charge is 0.263 e. The van der Waals surface area contributed by atoms with Gasteiger partial charge in [-0.2, -0.15) is 5.26 Å². The summed E-state index contributed by atoms with van der Waals surface area (Å²) in [6.07, 6.45) is 4.68. The molecule has 1 aliphatic carbocycles. The number of hydrogen-bond donors (Lipinski definition) is 0. The van der Waals surface area contributed by atoms with Gasteiger partial charge in [0.25, 0.3) is 11.1 Å². The summed E-state index contributed by atoms with van der Waals surface area (Å²) in [6, 6.07) is 9.17. The third-order valence-electron chi connectivity index (χ3n) is 6.19. The summed E-state index contributed by atoms with van der Waals surface area (Å²) in [7, 11) is 0. The first kappa shape index (κ1) is 22.6. The predicted octanol–water partition coefficient (Wildman–Crippen LogP) is 4.29. The zero-order valence-corrected chi connectivity index (χ0v) is 20.4. The Balaban J connectivity index is 1.59. The Bertz CT molecular complexity index is 1590. The number of hydrogen-bond acceptors (Lipinski definition) is 7. The number of thiophene rings is 1. The molecule has 172 valence electrons.